The highest BCUT2D eigenvalue weighted by Gasteiger charge is 2.08. The maximum absolute atomic E-state index is 11.5. The first-order valence-corrected chi connectivity index (χ1v) is 7.95. The summed E-state index contributed by atoms with van der Waals surface area (Å²) in [6, 6.07) is 0. The van der Waals surface area contributed by atoms with E-state index in [0.717, 1.165) is 43.4 Å². The number of carbonyl (C=O) groups excluding carboxylic acids is 1. The second-order valence-corrected chi connectivity index (χ2v) is 6.05. The van der Waals surface area contributed by atoms with Gasteiger partial charge in [0, 0.05) is 17.5 Å². The molecule has 19 heavy (non-hydrogen) atoms. The average molecular weight is 305 g/mol. The molecular weight excluding hydrogens is 288 g/mol. The molecule has 0 fully saturated rings. The Bertz CT molecular complexity index is 425. The van der Waals surface area contributed by atoms with Crippen LogP contribution in [0.5, 0.6) is 0 Å². The standard InChI is InChI=1S/C10H18N4O3S2/c11-7-5-3-1-2-4-6-8(15)12-9-13-14-10(18-9)19(16)17/h1-7,11H2,(H,16,17)(H,12,13,15)/p-1. The Morgan fingerprint density at radius 1 is 1.26 bits per heavy atom. The van der Waals surface area contributed by atoms with Gasteiger partial charge in [-0.3, -0.25) is 9.00 Å². The van der Waals surface area contributed by atoms with Crippen LogP contribution in [0.15, 0.2) is 4.34 Å². The van der Waals surface area contributed by atoms with Gasteiger partial charge < -0.3 is 15.6 Å². The minimum Gasteiger partial charge on any atom is -0.767 e. The molecule has 0 aliphatic rings. The molecule has 0 bridgehead atoms. The van der Waals surface area contributed by atoms with Gasteiger partial charge >= 0.3 is 0 Å². The van der Waals surface area contributed by atoms with Crippen molar-refractivity contribution in [2.75, 3.05) is 11.9 Å². The third-order valence-electron chi connectivity index (χ3n) is 2.40. The van der Waals surface area contributed by atoms with Gasteiger partial charge in [0.15, 0.2) is 4.34 Å². The highest BCUT2D eigenvalue weighted by Crippen LogP contribution is 2.17. The van der Waals surface area contributed by atoms with Gasteiger partial charge in [0.05, 0.1) is 0 Å². The predicted molar refractivity (Wildman–Crippen MR) is 72.5 cm³/mol. The van der Waals surface area contributed by atoms with E-state index in [2.05, 4.69) is 15.5 Å². The summed E-state index contributed by atoms with van der Waals surface area (Å²) in [7, 11) is 0. The van der Waals surface area contributed by atoms with Gasteiger partial charge in [-0.05, 0) is 19.4 Å². The number of rotatable bonds is 9. The van der Waals surface area contributed by atoms with Crippen molar-refractivity contribution in [1.82, 2.24) is 10.2 Å². The van der Waals surface area contributed by atoms with Crippen molar-refractivity contribution in [3.63, 3.8) is 0 Å². The van der Waals surface area contributed by atoms with Gasteiger partial charge in [0.25, 0.3) is 0 Å². The first-order chi connectivity index (χ1) is 9.13. The Balaban J connectivity index is 2.18. The van der Waals surface area contributed by atoms with E-state index in [-0.39, 0.29) is 15.4 Å². The molecule has 1 heterocycles. The first-order valence-electron chi connectivity index (χ1n) is 6.06. The molecular formula is C10H17N4O3S2-. The van der Waals surface area contributed by atoms with Crippen LogP contribution in [0.25, 0.3) is 0 Å². The number of amides is 1. The second kappa shape index (κ2) is 9.08. The number of hydrogen-bond donors (Lipinski definition) is 2. The van der Waals surface area contributed by atoms with E-state index in [1.807, 2.05) is 0 Å². The zero-order valence-corrected chi connectivity index (χ0v) is 12.1. The monoisotopic (exact) mass is 305 g/mol. The minimum atomic E-state index is -2.40. The lowest BCUT2D eigenvalue weighted by atomic mass is 10.1. The van der Waals surface area contributed by atoms with Crippen molar-refractivity contribution in [3.05, 3.63) is 0 Å². The van der Waals surface area contributed by atoms with E-state index in [1.54, 1.807) is 0 Å². The summed E-state index contributed by atoms with van der Waals surface area (Å²) >= 11 is -1.56. The van der Waals surface area contributed by atoms with Crippen LogP contribution >= 0.6 is 11.3 Å². The van der Waals surface area contributed by atoms with E-state index in [9.17, 15) is 13.6 Å². The molecule has 0 aromatic carbocycles. The predicted octanol–water partition coefficient (Wildman–Crippen LogP) is 1.01. The van der Waals surface area contributed by atoms with Crippen LogP contribution in [0.4, 0.5) is 5.13 Å². The van der Waals surface area contributed by atoms with Gasteiger partial charge in [0.2, 0.25) is 11.0 Å². The van der Waals surface area contributed by atoms with Crippen molar-refractivity contribution >= 4 is 33.5 Å². The molecule has 1 amide bonds. The smallest absolute Gasteiger partial charge is 0.226 e. The molecule has 0 aliphatic carbocycles. The van der Waals surface area contributed by atoms with E-state index in [0.29, 0.717) is 13.0 Å². The number of nitrogens with one attached hydrogen (secondary N) is 1. The number of nitrogens with zero attached hydrogens (tertiary/aromatic N) is 2. The summed E-state index contributed by atoms with van der Waals surface area (Å²) in [4.78, 5) is 11.5. The molecule has 0 spiro atoms. The van der Waals surface area contributed by atoms with Crippen LogP contribution in [-0.4, -0.2) is 31.4 Å². The third kappa shape index (κ3) is 6.71. The molecule has 108 valence electrons. The Hall–Kier alpha value is -0.900. The van der Waals surface area contributed by atoms with Crippen molar-refractivity contribution < 1.29 is 13.6 Å². The zero-order chi connectivity index (χ0) is 14.1. The lowest BCUT2D eigenvalue weighted by molar-refractivity contribution is -0.116. The molecule has 0 saturated carbocycles. The Kier molecular flexibility index (Phi) is 7.72. The van der Waals surface area contributed by atoms with E-state index in [1.165, 1.54) is 0 Å². The second-order valence-electron chi connectivity index (χ2n) is 3.96. The Morgan fingerprint density at radius 3 is 2.58 bits per heavy atom. The first kappa shape index (κ1) is 16.2. The molecule has 0 aliphatic heterocycles. The fraction of sp³-hybridized carbons (Fsp3) is 0.700. The van der Waals surface area contributed by atoms with Gasteiger partial charge in [-0.25, -0.2) is 0 Å². The lowest BCUT2D eigenvalue weighted by Crippen LogP contribution is -2.10. The number of carbonyl (C=O) groups is 1. The molecule has 1 aromatic heterocycles. The van der Waals surface area contributed by atoms with Crippen LogP contribution in [0.1, 0.15) is 38.5 Å². The van der Waals surface area contributed by atoms with Crippen molar-refractivity contribution in [1.29, 1.82) is 0 Å². The number of anilines is 1. The Morgan fingerprint density at radius 2 is 1.95 bits per heavy atom. The maximum atomic E-state index is 11.5. The molecule has 0 radical (unpaired) electrons. The highest BCUT2D eigenvalue weighted by molar-refractivity contribution is 7.81. The maximum Gasteiger partial charge on any atom is 0.226 e. The highest BCUT2D eigenvalue weighted by atomic mass is 32.2. The normalized spacial score (nSPS) is 12.3. The fourth-order valence-electron chi connectivity index (χ4n) is 1.47. The van der Waals surface area contributed by atoms with Crippen LogP contribution < -0.4 is 11.1 Å². The van der Waals surface area contributed by atoms with Crippen LogP contribution in [0, 0.1) is 0 Å². The van der Waals surface area contributed by atoms with Gasteiger partial charge in [-0.1, -0.05) is 30.6 Å². The SMILES string of the molecule is NCCCCCCCC(=O)Nc1nnc(S(=O)[O-])s1. The number of hydrogen-bond acceptors (Lipinski definition) is 7. The van der Waals surface area contributed by atoms with Crippen molar-refractivity contribution in [2.24, 2.45) is 5.73 Å². The summed E-state index contributed by atoms with van der Waals surface area (Å²) in [6.45, 7) is 0.709. The van der Waals surface area contributed by atoms with E-state index >= 15 is 0 Å². The molecule has 1 rings (SSSR count). The van der Waals surface area contributed by atoms with E-state index < -0.39 is 11.1 Å². The summed E-state index contributed by atoms with van der Waals surface area (Å²) in [5.74, 6) is -0.168. The molecule has 1 aromatic rings. The number of aromatic nitrogens is 2. The van der Waals surface area contributed by atoms with Crippen LogP contribution in [0.3, 0.4) is 0 Å². The topological polar surface area (TPSA) is 121 Å². The minimum absolute atomic E-state index is 0.128. The van der Waals surface area contributed by atoms with Crippen LogP contribution in [0.2, 0.25) is 0 Å². The van der Waals surface area contributed by atoms with Crippen LogP contribution in [-0.2, 0) is 15.9 Å². The molecule has 3 N–H and O–H groups in total. The molecule has 1 atom stereocenters. The number of unbranched alkanes of at least 4 members (excludes halogenated alkanes) is 4. The van der Waals surface area contributed by atoms with Crippen molar-refractivity contribution in [2.45, 2.75) is 42.9 Å². The fourth-order valence-corrected chi connectivity index (χ4v) is 2.58. The van der Waals surface area contributed by atoms with Gasteiger partial charge in [-0.15, -0.1) is 10.2 Å². The molecule has 9 heteroatoms. The average Bonchev–Trinajstić information content (AvgIpc) is 2.82. The van der Waals surface area contributed by atoms with E-state index in [4.69, 9.17) is 5.73 Å². The quantitative estimate of drug-likeness (QED) is 0.399. The van der Waals surface area contributed by atoms with Crippen molar-refractivity contribution in [3.8, 4) is 0 Å². The summed E-state index contributed by atoms with van der Waals surface area (Å²) in [6.07, 6.45) is 5.37. The molecule has 1 unspecified atom stereocenters. The summed E-state index contributed by atoms with van der Waals surface area (Å²) in [5, 5.41) is 9.75. The number of nitrogens with two attached hydrogens (primary N) is 1. The summed E-state index contributed by atoms with van der Waals surface area (Å²) < 4.78 is 21.0. The Labute approximate surface area is 118 Å². The lowest BCUT2D eigenvalue weighted by Gasteiger charge is -2.01. The molecule has 7 nitrogen and oxygen atoms in total. The largest absolute Gasteiger partial charge is 0.767 e. The van der Waals surface area contributed by atoms with Gasteiger partial charge in [0.1, 0.15) is 0 Å². The molecule has 0 saturated heterocycles. The van der Waals surface area contributed by atoms with Gasteiger partial charge in [-0.2, -0.15) is 0 Å². The third-order valence-corrected chi connectivity index (χ3v) is 4.06. The summed E-state index contributed by atoms with van der Waals surface area (Å²) in [5.41, 5.74) is 5.38. The zero-order valence-electron chi connectivity index (χ0n) is 10.5.